The van der Waals surface area contributed by atoms with Crippen molar-refractivity contribution >= 4 is 5.82 Å². The Morgan fingerprint density at radius 1 is 1.26 bits per heavy atom. The van der Waals surface area contributed by atoms with Crippen LogP contribution in [0.5, 0.6) is 0 Å². The van der Waals surface area contributed by atoms with Crippen LogP contribution in [0.3, 0.4) is 0 Å². The van der Waals surface area contributed by atoms with E-state index in [2.05, 4.69) is 41.0 Å². The molecule has 5 nitrogen and oxygen atoms in total. The van der Waals surface area contributed by atoms with Crippen molar-refractivity contribution in [2.45, 2.75) is 40.2 Å². The van der Waals surface area contributed by atoms with Crippen molar-refractivity contribution in [1.82, 2.24) is 15.0 Å². The van der Waals surface area contributed by atoms with Crippen LogP contribution in [0.4, 0.5) is 5.82 Å². The first-order chi connectivity index (χ1) is 10.9. The molecule has 0 saturated carbocycles. The van der Waals surface area contributed by atoms with Gasteiger partial charge in [-0.15, -0.1) is 0 Å². The Morgan fingerprint density at radius 2 is 2.04 bits per heavy atom. The van der Waals surface area contributed by atoms with E-state index < -0.39 is 0 Å². The van der Waals surface area contributed by atoms with Crippen LogP contribution in [-0.4, -0.2) is 34.7 Å². The number of anilines is 1. The van der Waals surface area contributed by atoms with Gasteiger partial charge in [0.15, 0.2) is 5.82 Å². The van der Waals surface area contributed by atoms with E-state index in [0.717, 1.165) is 23.5 Å². The lowest BCUT2D eigenvalue weighted by Gasteiger charge is -2.32. The van der Waals surface area contributed by atoms with Gasteiger partial charge in [0, 0.05) is 49.5 Å². The Kier molecular flexibility index (Phi) is 5.66. The zero-order chi connectivity index (χ0) is 16.9. The summed E-state index contributed by atoms with van der Waals surface area (Å²) >= 11 is 0. The van der Waals surface area contributed by atoms with Crippen LogP contribution >= 0.6 is 0 Å². The fraction of sp³-hybridized carbons (Fsp3) is 0.500. The highest BCUT2D eigenvalue weighted by atomic mass is 16.5. The van der Waals surface area contributed by atoms with Gasteiger partial charge in [0.1, 0.15) is 5.82 Å². The molecule has 0 aliphatic carbocycles. The Labute approximate surface area is 138 Å². The fourth-order valence-electron chi connectivity index (χ4n) is 2.40. The van der Waals surface area contributed by atoms with E-state index in [9.17, 15) is 0 Å². The second kappa shape index (κ2) is 7.51. The maximum atomic E-state index is 5.24. The second-order valence-corrected chi connectivity index (χ2v) is 6.80. The van der Waals surface area contributed by atoms with Gasteiger partial charge in [0.25, 0.3) is 0 Å². The number of aryl methyl sites for hydroxylation is 1. The number of nitrogens with zero attached hydrogens (tertiary/aromatic N) is 3. The summed E-state index contributed by atoms with van der Waals surface area (Å²) in [5.74, 6) is 1.53. The average molecular weight is 314 g/mol. The molecule has 1 unspecified atom stereocenters. The van der Waals surface area contributed by atoms with Crippen molar-refractivity contribution in [3.8, 4) is 11.4 Å². The Bertz CT molecular complexity index is 623. The highest BCUT2D eigenvalue weighted by Crippen LogP contribution is 2.26. The van der Waals surface area contributed by atoms with E-state index in [4.69, 9.17) is 4.74 Å². The third-order valence-electron chi connectivity index (χ3n) is 3.75. The number of hydrogen-bond acceptors (Lipinski definition) is 5. The normalized spacial score (nSPS) is 12.9. The minimum absolute atomic E-state index is 0.103. The molecule has 2 aromatic heterocycles. The van der Waals surface area contributed by atoms with Crippen LogP contribution in [-0.2, 0) is 4.74 Å². The van der Waals surface area contributed by atoms with Gasteiger partial charge in [-0.25, -0.2) is 9.97 Å². The van der Waals surface area contributed by atoms with Crippen LogP contribution in [0.15, 0.2) is 30.6 Å². The van der Waals surface area contributed by atoms with Crippen molar-refractivity contribution in [1.29, 1.82) is 0 Å². The summed E-state index contributed by atoms with van der Waals surface area (Å²) in [6.07, 6.45) is 4.45. The molecule has 0 radical (unpaired) electrons. The van der Waals surface area contributed by atoms with E-state index in [1.165, 1.54) is 0 Å². The number of hydrogen-bond donors (Lipinski definition) is 1. The standard InChI is InChI=1S/C18H26N4O/c1-13-11-16(21-15(8-10-23-5)18(2,3)4)22-17(20-13)14-7-6-9-19-12-14/h6-7,9,11-12,15H,8,10H2,1-5H3,(H,20,21,22). The van der Waals surface area contributed by atoms with Gasteiger partial charge >= 0.3 is 0 Å². The molecule has 0 aliphatic heterocycles. The fourth-order valence-corrected chi connectivity index (χ4v) is 2.40. The SMILES string of the molecule is COCCC(Nc1cc(C)nc(-c2cccnc2)n1)C(C)(C)C. The van der Waals surface area contributed by atoms with Gasteiger partial charge in [-0.05, 0) is 30.9 Å². The molecule has 23 heavy (non-hydrogen) atoms. The minimum Gasteiger partial charge on any atom is -0.385 e. The number of rotatable bonds is 6. The zero-order valence-corrected chi connectivity index (χ0v) is 14.6. The smallest absolute Gasteiger partial charge is 0.163 e. The van der Waals surface area contributed by atoms with E-state index in [1.807, 2.05) is 25.1 Å². The highest BCUT2D eigenvalue weighted by Gasteiger charge is 2.24. The van der Waals surface area contributed by atoms with Crippen molar-refractivity contribution in [2.75, 3.05) is 19.0 Å². The molecule has 2 aromatic rings. The third-order valence-corrected chi connectivity index (χ3v) is 3.75. The first-order valence-corrected chi connectivity index (χ1v) is 7.91. The molecular formula is C18H26N4O. The van der Waals surface area contributed by atoms with Gasteiger partial charge in [-0.1, -0.05) is 20.8 Å². The summed E-state index contributed by atoms with van der Waals surface area (Å²) in [4.78, 5) is 13.3. The Morgan fingerprint density at radius 3 is 2.65 bits per heavy atom. The summed E-state index contributed by atoms with van der Waals surface area (Å²) < 4.78 is 5.24. The molecule has 5 heteroatoms. The molecule has 0 aromatic carbocycles. The molecule has 0 spiro atoms. The predicted molar refractivity (Wildman–Crippen MR) is 93.4 cm³/mol. The summed E-state index contributed by atoms with van der Waals surface area (Å²) in [6, 6.07) is 6.10. The molecule has 0 aliphatic rings. The lowest BCUT2D eigenvalue weighted by molar-refractivity contribution is 0.171. The largest absolute Gasteiger partial charge is 0.385 e. The maximum Gasteiger partial charge on any atom is 0.163 e. The lowest BCUT2D eigenvalue weighted by Crippen LogP contribution is -2.35. The second-order valence-electron chi connectivity index (χ2n) is 6.80. The minimum atomic E-state index is 0.103. The van der Waals surface area contributed by atoms with Gasteiger partial charge in [-0.2, -0.15) is 0 Å². The molecule has 2 heterocycles. The van der Waals surface area contributed by atoms with Crippen molar-refractivity contribution in [3.63, 3.8) is 0 Å². The number of ether oxygens (including phenoxy) is 1. The van der Waals surface area contributed by atoms with E-state index in [-0.39, 0.29) is 11.5 Å². The van der Waals surface area contributed by atoms with Crippen LogP contribution in [0.25, 0.3) is 11.4 Å². The summed E-state index contributed by atoms with van der Waals surface area (Å²) in [5.41, 5.74) is 1.95. The molecule has 1 N–H and O–H groups in total. The average Bonchev–Trinajstić information content (AvgIpc) is 2.50. The van der Waals surface area contributed by atoms with Crippen LogP contribution in [0.1, 0.15) is 32.9 Å². The van der Waals surface area contributed by atoms with Gasteiger partial charge < -0.3 is 10.1 Å². The van der Waals surface area contributed by atoms with E-state index in [0.29, 0.717) is 12.4 Å². The number of pyridine rings is 1. The number of methoxy groups -OCH3 is 1. The van der Waals surface area contributed by atoms with Gasteiger partial charge in [0.2, 0.25) is 0 Å². The predicted octanol–water partition coefficient (Wildman–Crippen LogP) is 3.71. The number of aromatic nitrogens is 3. The summed E-state index contributed by atoms with van der Waals surface area (Å²) in [7, 11) is 1.73. The lowest BCUT2D eigenvalue weighted by atomic mass is 9.85. The summed E-state index contributed by atoms with van der Waals surface area (Å²) in [6.45, 7) is 9.35. The molecule has 2 rings (SSSR count). The van der Waals surface area contributed by atoms with E-state index >= 15 is 0 Å². The van der Waals surface area contributed by atoms with Crippen LogP contribution < -0.4 is 5.32 Å². The monoisotopic (exact) mass is 314 g/mol. The summed E-state index contributed by atoms with van der Waals surface area (Å²) in [5, 5.41) is 3.55. The molecule has 124 valence electrons. The maximum absolute atomic E-state index is 5.24. The van der Waals surface area contributed by atoms with Crippen LogP contribution in [0, 0.1) is 12.3 Å². The van der Waals surface area contributed by atoms with Gasteiger partial charge in [0.05, 0.1) is 0 Å². The highest BCUT2D eigenvalue weighted by molar-refractivity contribution is 5.56. The first-order valence-electron chi connectivity index (χ1n) is 7.91. The van der Waals surface area contributed by atoms with Gasteiger partial charge in [-0.3, -0.25) is 4.98 Å². The van der Waals surface area contributed by atoms with E-state index in [1.54, 1.807) is 19.5 Å². The van der Waals surface area contributed by atoms with Crippen molar-refractivity contribution in [3.05, 3.63) is 36.3 Å². The van der Waals surface area contributed by atoms with Crippen molar-refractivity contribution < 1.29 is 4.74 Å². The number of nitrogens with one attached hydrogen (secondary N) is 1. The third kappa shape index (κ3) is 4.99. The Hall–Kier alpha value is -2.01. The quantitative estimate of drug-likeness (QED) is 0.880. The topological polar surface area (TPSA) is 59.9 Å². The molecule has 1 atom stereocenters. The van der Waals surface area contributed by atoms with Crippen molar-refractivity contribution in [2.24, 2.45) is 5.41 Å². The first kappa shape index (κ1) is 17.3. The zero-order valence-electron chi connectivity index (χ0n) is 14.6. The molecule has 0 bridgehead atoms. The molecule has 0 amide bonds. The molecule has 0 saturated heterocycles. The molecule has 0 fully saturated rings. The van der Waals surface area contributed by atoms with Crippen LogP contribution in [0.2, 0.25) is 0 Å². The Balaban J connectivity index is 2.26. The molecular weight excluding hydrogens is 288 g/mol.